The average Bonchev–Trinajstić information content (AvgIpc) is 3.00. The van der Waals surface area contributed by atoms with Gasteiger partial charge in [-0.05, 0) is 75.7 Å². The number of unbranched alkanes of at least 4 members (excludes halogenated alkanes) is 1. The van der Waals surface area contributed by atoms with E-state index < -0.39 is 24.4 Å². The van der Waals surface area contributed by atoms with E-state index in [-0.39, 0.29) is 24.0 Å². The fourth-order valence-corrected chi connectivity index (χ4v) is 4.63. The predicted octanol–water partition coefficient (Wildman–Crippen LogP) is 3.57. The monoisotopic (exact) mass is 432 g/mol. The van der Waals surface area contributed by atoms with Crippen LogP contribution < -0.4 is 0 Å². The summed E-state index contributed by atoms with van der Waals surface area (Å²) in [6.07, 6.45) is 8.29. The first-order chi connectivity index (χ1) is 14.9. The van der Waals surface area contributed by atoms with Gasteiger partial charge in [0.2, 0.25) is 0 Å². The lowest BCUT2D eigenvalue weighted by Crippen LogP contribution is -2.23. The van der Waals surface area contributed by atoms with E-state index in [0.717, 1.165) is 19.3 Å². The molecule has 0 spiro atoms. The van der Waals surface area contributed by atoms with Gasteiger partial charge in [0, 0.05) is 12.8 Å². The predicted molar refractivity (Wildman–Crippen MR) is 123 cm³/mol. The third kappa shape index (κ3) is 9.65. The van der Waals surface area contributed by atoms with Gasteiger partial charge in [-0.1, -0.05) is 42.5 Å². The molecule has 1 saturated carbocycles. The van der Waals surface area contributed by atoms with Gasteiger partial charge in [0.05, 0.1) is 24.4 Å². The summed E-state index contributed by atoms with van der Waals surface area (Å²) in [6.45, 7) is 1.62. The lowest BCUT2D eigenvalue weighted by molar-refractivity contribution is -0.120. The number of Topliss-reactive ketones (excluding diaryl/α,β-unsaturated/α-hetero) is 1. The molecule has 2 rings (SSSR count). The third-order valence-electron chi connectivity index (χ3n) is 6.39. The number of aryl methyl sites for hydroxylation is 1. The van der Waals surface area contributed by atoms with Crippen molar-refractivity contribution in [3.63, 3.8) is 0 Å². The first-order valence-electron chi connectivity index (χ1n) is 11.8. The highest BCUT2D eigenvalue weighted by atomic mass is 16.3. The summed E-state index contributed by atoms with van der Waals surface area (Å²) in [5, 5.41) is 40.4. The van der Waals surface area contributed by atoms with Crippen LogP contribution in [0.4, 0.5) is 0 Å². The normalized spacial score (nSPS) is 25.7. The van der Waals surface area contributed by atoms with E-state index in [9.17, 15) is 25.2 Å². The zero-order valence-electron chi connectivity index (χ0n) is 18.8. The maximum absolute atomic E-state index is 11.6. The molecule has 6 atom stereocenters. The Bertz CT molecular complexity index is 657. The van der Waals surface area contributed by atoms with E-state index in [1.807, 2.05) is 30.4 Å². The van der Waals surface area contributed by atoms with Crippen molar-refractivity contribution in [2.45, 2.75) is 95.5 Å². The van der Waals surface area contributed by atoms with E-state index in [4.69, 9.17) is 0 Å². The second-order valence-corrected chi connectivity index (χ2v) is 9.14. The van der Waals surface area contributed by atoms with Crippen molar-refractivity contribution in [1.82, 2.24) is 0 Å². The van der Waals surface area contributed by atoms with Crippen LogP contribution in [0.3, 0.4) is 0 Å². The third-order valence-corrected chi connectivity index (χ3v) is 6.39. The van der Waals surface area contributed by atoms with E-state index >= 15 is 0 Å². The first kappa shape index (κ1) is 25.7. The largest absolute Gasteiger partial charge is 0.393 e. The Morgan fingerprint density at radius 1 is 1.06 bits per heavy atom. The molecule has 1 fully saturated rings. The molecule has 5 heteroatoms. The van der Waals surface area contributed by atoms with Gasteiger partial charge in [0.25, 0.3) is 0 Å². The number of hydrogen-bond acceptors (Lipinski definition) is 5. The number of aliphatic hydroxyl groups is 4. The second-order valence-electron chi connectivity index (χ2n) is 9.14. The topological polar surface area (TPSA) is 98.0 Å². The van der Waals surface area contributed by atoms with Crippen molar-refractivity contribution >= 4 is 5.78 Å². The van der Waals surface area contributed by atoms with Gasteiger partial charge in [-0.15, -0.1) is 0 Å². The summed E-state index contributed by atoms with van der Waals surface area (Å²) in [6, 6.07) is 10.1. The number of rotatable bonds is 14. The molecule has 1 aromatic carbocycles. The number of carbonyl (C=O) groups excluding carboxylic acids is 1. The minimum atomic E-state index is -0.577. The quantitative estimate of drug-likeness (QED) is 0.266. The van der Waals surface area contributed by atoms with Crippen LogP contribution in [0.15, 0.2) is 42.5 Å². The second kappa shape index (κ2) is 13.8. The van der Waals surface area contributed by atoms with Crippen molar-refractivity contribution < 1.29 is 25.2 Å². The summed E-state index contributed by atoms with van der Waals surface area (Å²) in [5.41, 5.74) is 1.22. The lowest BCUT2D eigenvalue weighted by Gasteiger charge is -2.23. The summed E-state index contributed by atoms with van der Waals surface area (Å²) in [4.78, 5) is 11.6. The zero-order valence-corrected chi connectivity index (χ0v) is 18.8. The number of carbonyl (C=O) groups is 1. The fourth-order valence-electron chi connectivity index (χ4n) is 4.63. The van der Waals surface area contributed by atoms with Gasteiger partial charge in [0.15, 0.2) is 0 Å². The number of benzene rings is 1. The summed E-state index contributed by atoms with van der Waals surface area (Å²) in [5.74, 6) is 0.0895. The molecule has 4 N–H and O–H groups in total. The van der Waals surface area contributed by atoms with Crippen LogP contribution in [0.1, 0.15) is 70.3 Å². The average molecular weight is 433 g/mol. The number of allylic oxidation sites excluding steroid dienone is 2. The molecule has 1 aliphatic carbocycles. The van der Waals surface area contributed by atoms with Crippen LogP contribution >= 0.6 is 0 Å². The Balaban J connectivity index is 1.70. The van der Waals surface area contributed by atoms with Crippen molar-refractivity contribution in [3.8, 4) is 0 Å². The van der Waals surface area contributed by atoms with Crippen molar-refractivity contribution in [2.75, 3.05) is 0 Å². The molecule has 31 heavy (non-hydrogen) atoms. The van der Waals surface area contributed by atoms with Gasteiger partial charge < -0.3 is 20.4 Å². The summed E-state index contributed by atoms with van der Waals surface area (Å²) < 4.78 is 0. The van der Waals surface area contributed by atoms with Crippen LogP contribution in [0, 0.1) is 11.8 Å². The van der Waals surface area contributed by atoms with Gasteiger partial charge in [-0.3, -0.25) is 4.79 Å². The van der Waals surface area contributed by atoms with Crippen LogP contribution in [-0.4, -0.2) is 50.6 Å². The number of aliphatic hydroxyl groups excluding tert-OH is 4. The van der Waals surface area contributed by atoms with Crippen molar-refractivity contribution in [1.29, 1.82) is 0 Å². The molecule has 0 aromatic heterocycles. The van der Waals surface area contributed by atoms with E-state index in [1.54, 1.807) is 6.92 Å². The van der Waals surface area contributed by atoms with Gasteiger partial charge >= 0.3 is 0 Å². The Labute approximate surface area is 186 Å². The molecule has 174 valence electrons. The van der Waals surface area contributed by atoms with Crippen molar-refractivity contribution in [3.05, 3.63) is 48.0 Å². The first-order valence-corrected chi connectivity index (χ1v) is 11.8. The van der Waals surface area contributed by atoms with E-state index in [1.165, 1.54) is 5.56 Å². The van der Waals surface area contributed by atoms with Gasteiger partial charge in [0.1, 0.15) is 5.78 Å². The molecule has 0 bridgehead atoms. The van der Waals surface area contributed by atoms with Crippen LogP contribution in [0.5, 0.6) is 0 Å². The van der Waals surface area contributed by atoms with Crippen LogP contribution in [-0.2, 0) is 11.2 Å². The zero-order chi connectivity index (χ0) is 22.6. The Morgan fingerprint density at radius 3 is 2.48 bits per heavy atom. The number of ketones is 1. The molecule has 0 saturated heterocycles. The molecule has 1 unspecified atom stereocenters. The van der Waals surface area contributed by atoms with E-state index in [0.29, 0.717) is 38.5 Å². The van der Waals surface area contributed by atoms with E-state index in [2.05, 4.69) is 12.1 Å². The molecule has 0 radical (unpaired) electrons. The SMILES string of the molecule is CC(O)CC(=O)CCC/C=C\C[C@@H]1[C@@H](CC[C@@H](O)CCc2ccccc2)[C@H](O)C[C@@H]1O. The maximum Gasteiger partial charge on any atom is 0.135 e. The summed E-state index contributed by atoms with van der Waals surface area (Å²) >= 11 is 0. The maximum atomic E-state index is 11.6. The molecule has 5 nitrogen and oxygen atoms in total. The highest BCUT2D eigenvalue weighted by Gasteiger charge is 2.40. The minimum absolute atomic E-state index is 0.00125. The molecule has 0 heterocycles. The molecular formula is C26H40O5. The molecule has 0 aliphatic heterocycles. The Hall–Kier alpha value is -1.53. The summed E-state index contributed by atoms with van der Waals surface area (Å²) in [7, 11) is 0. The lowest BCUT2D eigenvalue weighted by atomic mass is 9.85. The Kier molecular flexibility index (Phi) is 11.4. The fraction of sp³-hybridized carbons (Fsp3) is 0.654. The molecule has 0 amide bonds. The highest BCUT2D eigenvalue weighted by Crippen LogP contribution is 2.38. The molecule has 1 aromatic rings. The van der Waals surface area contributed by atoms with Crippen molar-refractivity contribution in [2.24, 2.45) is 11.8 Å². The molecular weight excluding hydrogens is 392 g/mol. The minimum Gasteiger partial charge on any atom is -0.393 e. The Morgan fingerprint density at radius 2 is 1.77 bits per heavy atom. The van der Waals surface area contributed by atoms with Gasteiger partial charge in [-0.25, -0.2) is 0 Å². The van der Waals surface area contributed by atoms with Gasteiger partial charge in [-0.2, -0.15) is 0 Å². The van der Waals surface area contributed by atoms with Crippen LogP contribution in [0.2, 0.25) is 0 Å². The smallest absolute Gasteiger partial charge is 0.135 e. The highest BCUT2D eigenvalue weighted by molar-refractivity contribution is 5.78. The van der Waals surface area contributed by atoms with Crippen LogP contribution in [0.25, 0.3) is 0 Å². The standard InChI is InChI=1S/C26H40O5/c1-19(27)17-22(29)11-7-2-3-8-12-23-24(26(31)18-25(23)30)16-15-21(28)14-13-20-9-5-4-6-10-20/h3-6,8-10,19,21,23-28,30-31H,2,7,11-18H2,1H3/b8-3-/t19?,21-,23+,24+,25-,26+/m0/s1. The molecule has 1 aliphatic rings. The number of hydrogen-bond donors (Lipinski definition) is 4.